The molecule has 42 heavy (non-hydrogen) atoms. The van der Waals surface area contributed by atoms with Crippen LogP contribution in [0.5, 0.6) is 0 Å². The van der Waals surface area contributed by atoms with Crippen molar-refractivity contribution in [1.82, 2.24) is 20.0 Å². The molecule has 1 N–H and O–H groups in total. The van der Waals surface area contributed by atoms with Crippen LogP contribution in [-0.4, -0.2) is 63.5 Å². The number of nitrogens with zero attached hydrogens (tertiary/aromatic N) is 4. The van der Waals surface area contributed by atoms with Crippen molar-refractivity contribution in [2.75, 3.05) is 17.9 Å². The Bertz CT molecular complexity index is 2040. The van der Waals surface area contributed by atoms with Crippen LogP contribution in [0.25, 0.3) is 10.8 Å². The Morgan fingerprint density at radius 1 is 1.14 bits per heavy atom. The van der Waals surface area contributed by atoms with Gasteiger partial charge in [0.1, 0.15) is 11.5 Å². The number of aromatic nitrogens is 2. The Morgan fingerprint density at radius 3 is 2.60 bits per heavy atom. The molecule has 7 rings (SSSR count). The van der Waals surface area contributed by atoms with Crippen molar-refractivity contribution in [3.05, 3.63) is 59.4 Å². The number of anilines is 1. The number of hydrogen-bond acceptors (Lipinski definition) is 5. The van der Waals surface area contributed by atoms with Gasteiger partial charge in [-0.05, 0) is 60.7 Å². The minimum Gasteiger partial charge on any atom is -0.342 e. The minimum atomic E-state index is -5.25. The van der Waals surface area contributed by atoms with E-state index < -0.39 is 90.8 Å². The quantitative estimate of drug-likeness (QED) is 0.456. The number of amides is 4. The number of carbonyl (C=O) groups excluding carboxylic acids is 4. The lowest BCUT2D eigenvalue weighted by molar-refractivity contribution is -0.199. The van der Waals surface area contributed by atoms with Crippen LogP contribution in [0.3, 0.4) is 0 Å². The molecule has 3 aromatic rings. The molecule has 0 radical (unpaired) electrons. The van der Waals surface area contributed by atoms with Crippen LogP contribution >= 0.6 is 0 Å². The molecule has 1 aliphatic carbocycles. The largest absolute Gasteiger partial charge is 0.403 e. The number of likely N-dealkylation sites (tertiary alicyclic amines) is 1. The number of piperidine rings is 2. The first-order chi connectivity index (χ1) is 23.5. The van der Waals surface area contributed by atoms with Crippen LogP contribution in [0.15, 0.2) is 42.7 Å². The van der Waals surface area contributed by atoms with Gasteiger partial charge in [0.05, 0.1) is 19.3 Å². The standard InChI is InChI=1S/C30H28F3N5O4/c31-30(32,33)29(10-11-29)28(42)36-12-8-19(9-13-36)37-16-17(15-34-37)14-18-4-5-22-25-20(18)2-1-3-21(25)27(41)38(22)23-6-7-24(39)35-26(23)40/h1-5,15-16,19,23H,6-14H2,(H,35,39,40)/i8D2,9D2,12D2,13D2,19D. The summed E-state index contributed by atoms with van der Waals surface area (Å²) in [4.78, 5) is 51.8. The van der Waals surface area contributed by atoms with Gasteiger partial charge in [0, 0.05) is 53.9 Å². The van der Waals surface area contributed by atoms with Crippen molar-refractivity contribution >= 4 is 40.1 Å². The van der Waals surface area contributed by atoms with E-state index in [-0.39, 0.29) is 24.8 Å². The van der Waals surface area contributed by atoms with E-state index in [0.717, 1.165) is 12.4 Å². The van der Waals surface area contributed by atoms with E-state index in [2.05, 4.69) is 10.4 Å². The minimum absolute atomic E-state index is 0.0343. The maximum atomic E-state index is 13.9. The molecule has 0 spiro atoms. The van der Waals surface area contributed by atoms with Crippen LogP contribution < -0.4 is 10.2 Å². The normalized spacial score (nSPS) is 30.9. The first kappa shape index (κ1) is 18.3. The third-order valence-electron chi connectivity index (χ3n) is 8.08. The van der Waals surface area contributed by atoms with E-state index in [4.69, 9.17) is 12.3 Å². The number of carbonyl (C=O) groups is 4. The fraction of sp³-hybridized carbons (Fsp3) is 0.433. The summed E-state index contributed by atoms with van der Waals surface area (Å²) in [6.07, 6.45) is -12.4. The second-order valence-corrected chi connectivity index (χ2v) is 10.6. The predicted octanol–water partition coefficient (Wildman–Crippen LogP) is 3.90. The van der Waals surface area contributed by atoms with Gasteiger partial charge >= 0.3 is 6.18 Å². The highest BCUT2D eigenvalue weighted by atomic mass is 19.4. The van der Waals surface area contributed by atoms with Crippen LogP contribution in [0.2, 0.25) is 0 Å². The summed E-state index contributed by atoms with van der Waals surface area (Å²) in [5, 5.41) is 7.24. The summed E-state index contributed by atoms with van der Waals surface area (Å²) in [6, 6.07) is 3.60. The number of benzene rings is 2. The fourth-order valence-electron chi connectivity index (χ4n) is 5.70. The predicted molar refractivity (Wildman–Crippen MR) is 145 cm³/mol. The third kappa shape index (κ3) is 4.10. The van der Waals surface area contributed by atoms with Gasteiger partial charge < -0.3 is 4.90 Å². The molecular formula is C30H28F3N5O4. The van der Waals surface area contributed by atoms with E-state index in [1.807, 2.05) is 0 Å². The third-order valence-corrected chi connectivity index (χ3v) is 8.08. The molecule has 2 saturated heterocycles. The van der Waals surface area contributed by atoms with Crippen molar-refractivity contribution in [1.29, 1.82) is 0 Å². The Hall–Kier alpha value is -4.22. The van der Waals surface area contributed by atoms with Gasteiger partial charge in [0.25, 0.3) is 5.91 Å². The number of rotatable bonds is 5. The molecule has 4 aliphatic rings. The molecule has 3 aliphatic heterocycles. The van der Waals surface area contributed by atoms with Gasteiger partial charge in [-0.2, -0.15) is 18.3 Å². The Labute approximate surface area is 251 Å². The second-order valence-electron chi connectivity index (χ2n) is 10.6. The maximum Gasteiger partial charge on any atom is 0.403 e. The van der Waals surface area contributed by atoms with E-state index in [1.165, 1.54) is 4.90 Å². The molecule has 4 amide bonds. The van der Waals surface area contributed by atoms with Gasteiger partial charge in [-0.1, -0.05) is 18.2 Å². The van der Waals surface area contributed by atoms with Gasteiger partial charge in [0.15, 0.2) is 0 Å². The molecule has 1 unspecified atom stereocenters. The topological polar surface area (TPSA) is 105 Å². The fourth-order valence-corrected chi connectivity index (χ4v) is 5.70. The van der Waals surface area contributed by atoms with Crippen molar-refractivity contribution in [3.8, 4) is 0 Å². The summed E-state index contributed by atoms with van der Waals surface area (Å²) >= 11 is 0. The molecule has 12 heteroatoms. The first-order valence-electron chi connectivity index (χ1n) is 17.6. The Kier molecular flexibility index (Phi) is 4.11. The number of imide groups is 1. The van der Waals surface area contributed by atoms with E-state index in [0.29, 0.717) is 32.3 Å². The summed E-state index contributed by atoms with van der Waals surface area (Å²) in [6.45, 7) is -7.96. The molecule has 1 atom stereocenters. The average molecular weight is 589 g/mol. The highest BCUT2D eigenvalue weighted by molar-refractivity contribution is 6.27. The molecule has 9 nitrogen and oxygen atoms in total. The molecule has 218 valence electrons. The van der Waals surface area contributed by atoms with Crippen LogP contribution in [0.1, 0.15) is 78.3 Å². The average Bonchev–Trinajstić information content (AvgIpc) is 3.66. The zero-order valence-corrected chi connectivity index (χ0v) is 21.7. The highest BCUT2D eigenvalue weighted by Gasteiger charge is 2.69. The molecule has 4 heterocycles. The van der Waals surface area contributed by atoms with Crippen molar-refractivity contribution in [2.45, 2.75) is 63.1 Å². The Balaban J connectivity index is 1.25. The number of nitrogens with one attached hydrogen (secondary N) is 1. The number of halogens is 3. The zero-order valence-electron chi connectivity index (χ0n) is 30.7. The lowest BCUT2D eigenvalue weighted by Gasteiger charge is -2.35. The summed E-state index contributed by atoms with van der Waals surface area (Å²) in [5.74, 6) is -3.68. The lowest BCUT2D eigenvalue weighted by atomic mass is 9.97. The van der Waals surface area contributed by atoms with Crippen molar-refractivity contribution in [3.63, 3.8) is 0 Å². The molecule has 1 saturated carbocycles. The van der Waals surface area contributed by atoms with Crippen molar-refractivity contribution < 1.29 is 44.7 Å². The smallest absolute Gasteiger partial charge is 0.342 e. The SMILES string of the molecule is [2H]C1([2H])N(C(=O)C2(C(F)(F)F)CC2)C([2H])([2H])C([2H])([2H])C([2H])(n2cc(Cc3ccc4c5c(cccc35)C(=O)N4C3CCC(=O)NC3=O)cn2)C1([2H])[2H]. The van der Waals surface area contributed by atoms with E-state index in [1.54, 1.807) is 30.3 Å². The second kappa shape index (κ2) is 9.40. The first-order valence-corrected chi connectivity index (χ1v) is 13.1. The van der Waals surface area contributed by atoms with Crippen LogP contribution in [0, 0.1) is 5.41 Å². The zero-order chi connectivity index (χ0) is 37.5. The molecule has 0 bridgehead atoms. The van der Waals surface area contributed by atoms with Gasteiger partial charge in [-0.15, -0.1) is 0 Å². The summed E-state index contributed by atoms with van der Waals surface area (Å²) in [7, 11) is 0. The number of hydrogen-bond donors (Lipinski definition) is 1. The van der Waals surface area contributed by atoms with E-state index >= 15 is 0 Å². The van der Waals surface area contributed by atoms with Gasteiger partial charge in [-0.3, -0.25) is 34.1 Å². The molecule has 2 aromatic carbocycles. The monoisotopic (exact) mass is 588 g/mol. The summed E-state index contributed by atoms with van der Waals surface area (Å²) < 4.78 is 120. The van der Waals surface area contributed by atoms with Crippen molar-refractivity contribution in [2.24, 2.45) is 5.41 Å². The Morgan fingerprint density at radius 2 is 1.90 bits per heavy atom. The van der Waals surface area contributed by atoms with E-state index in [9.17, 15) is 32.3 Å². The lowest BCUT2D eigenvalue weighted by Crippen LogP contribution is -2.53. The maximum absolute atomic E-state index is 13.9. The molecular weight excluding hydrogens is 551 g/mol. The summed E-state index contributed by atoms with van der Waals surface area (Å²) in [5.41, 5.74) is -1.74. The van der Waals surface area contributed by atoms with Gasteiger partial charge in [0.2, 0.25) is 17.7 Å². The van der Waals surface area contributed by atoms with Crippen LogP contribution in [0.4, 0.5) is 18.9 Å². The molecule has 1 aromatic heterocycles. The van der Waals surface area contributed by atoms with Crippen LogP contribution in [-0.2, 0) is 20.8 Å². The highest BCUT2D eigenvalue weighted by Crippen LogP contribution is 2.58. The number of alkyl halides is 3. The van der Waals surface area contributed by atoms with Gasteiger partial charge in [-0.25, -0.2) is 0 Å². The molecule has 3 fully saturated rings.